The lowest BCUT2D eigenvalue weighted by atomic mass is 10.2. The predicted molar refractivity (Wildman–Crippen MR) is 91.4 cm³/mol. The van der Waals surface area contributed by atoms with E-state index in [2.05, 4.69) is 10.4 Å². The molecule has 1 fully saturated rings. The predicted octanol–water partition coefficient (Wildman–Crippen LogP) is 1.98. The highest BCUT2D eigenvalue weighted by Crippen LogP contribution is 2.17. The maximum absolute atomic E-state index is 12.7. The largest absolute Gasteiger partial charge is 0.372 e. The van der Waals surface area contributed by atoms with Crippen LogP contribution in [0.25, 0.3) is 0 Å². The van der Waals surface area contributed by atoms with Crippen LogP contribution in [-0.2, 0) is 11.8 Å². The number of amides is 2. The lowest BCUT2D eigenvalue weighted by Crippen LogP contribution is -2.48. The minimum Gasteiger partial charge on any atom is -0.372 e. The number of thiophene rings is 1. The molecule has 0 bridgehead atoms. The summed E-state index contributed by atoms with van der Waals surface area (Å²) in [5.74, 6) is 0.135. The second-order valence-corrected chi connectivity index (χ2v) is 6.88. The van der Waals surface area contributed by atoms with Crippen molar-refractivity contribution in [2.75, 3.05) is 18.4 Å². The minimum atomic E-state index is -0.208. The molecule has 1 aliphatic rings. The van der Waals surface area contributed by atoms with Gasteiger partial charge in [-0.3, -0.25) is 14.3 Å². The van der Waals surface area contributed by atoms with E-state index in [0.717, 1.165) is 0 Å². The third-order valence-electron chi connectivity index (χ3n) is 3.79. The summed E-state index contributed by atoms with van der Waals surface area (Å²) in [6.07, 6.45) is -0.00109. The first-order chi connectivity index (χ1) is 11.4. The summed E-state index contributed by atoms with van der Waals surface area (Å²) in [4.78, 5) is 27.1. The Morgan fingerprint density at radius 1 is 1.33 bits per heavy atom. The van der Waals surface area contributed by atoms with E-state index < -0.39 is 0 Å². The summed E-state index contributed by atoms with van der Waals surface area (Å²) in [5.41, 5.74) is 0.320. The van der Waals surface area contributed by atoms with Crippen LogP contribution < -0.4 is 5.32 Å². The maximum Gasteiger partial charge on any atom is 0.274 e. The number of anilines is 1. The molecule has 1 saturated heterocycles. The van der Waals surface area contributed by atoms with Crippen LogP contribution in [0, 0.1) is 0 Å². The lowest BCUT2D eigenvalue weighted by molar-refractivity contribution is -0.0587. The van der Waals surface area contributed by atoms with Crippen molar-refractivity contribution in [1.82, 2.24) is 14.7 Å². The summed E-state index contributed by atoms with van der Waals surface area (Å²) >= 11 is 1.36. The Morgan fingerprint density at radius 3 is 2.67 bits per heavy atom. The van der Waals surface area contributed by atoms with Gasteiger partial charge >= 0.3 is 0 Å². The standard InChI is InChI=1S/C16H20N4O3S/c1-10-8-20(9-11(2)23-10)16(22)12-7-14(19(3)18-12)17-15(21)13-5-4-6-24-13/h4-7,10-11H,8-9H2,1-3H3,(H,17,21). The number of morpholine rings is 1. The highest BCUT2D eigenvalue weighted by molar-refractivity contribution is 7.12. The van der Waals surface area contributed by atoms with Crippen molar-refractivity contribution in [1.29, 1.82) is 0 Å². The minimum absolute atomic E-state index is 0.000543. The quantitative estimate of drug-likeness (QED) is 0.920. The third kappa shape index (κ3) is 3.49. The average molecular weight is 348 g/mol. The second-order valence-electron chi connectivity index (χ2n) is 5.94. The summed E-state index contributed by atoms with van der Waals surface area (Å²) in [6.45, 7) is 4.97. The van der Waals surface area contributed by atoms with Crippen molar-refractivity contribution < 1.29 is 14.3 Å². The average Bonchev–Trinajstić information content (AvgIpc) is 3.16. The van der Waals surface area contributed by atoms with Crippen LogP contribution in [-0.4, -0.2) is 51.8 Å². The first-order valence-corrected chi connectivity index (χ1v) is 8.65. The fourth-order valence-corrected chi connectivity index (χ4v) is 3.40. The first kappa shape index (κ1) is 16.7. The second kappa shape index (κ2) is 6.74. The number of ether oxygens (including phenoxy) is 1. The molecule has 3 heterocycles. The monoisotopic (exact) mass is 348 g/mol. The van der Waals surface area contributed by atoms with E-state index in [1.54, 1.807) is 24.1 Å². The molecule has 7 nitrogen and oxygen atoms in total. The zero-order valence-electron chi connectivity index (χ0n) is 13.9. The van der Waals surface area contributed by atoms with Crippen molar-refractivity contribution in [2.24, 2.45) is 7.05 Å². The molecule has 0 aliphatic carbocycles. The van der Waals surface area contributed by atoms with E-state index in [1.807, 2.05) is 25.3 Å². The molecule has 1 N–H and O–H groups in total. The highest BCUT2D eigenvalue weighted by Gasteiger charge is 2.28. The fraction of sp³-hybridized carbons (Fsp3) is 0.438. The molecule has 1 aliphatic heterocycles. The molecule has 8 heteroatoms. The van der Waals surface area contributed by atoms with Crippen LogP contribution in [0.3, 0.4) is 0 Å². The van der Waals surface area contributed by atoms with E-state index in [0.29, 0.717) is 29.5 Å². The molecule has 24 heavy (non-hydrogen) atoms. The molecule has 2 amide bonds. The van der Waals surface area contributed by atoms with Gasteiger partial charge < -0.3 is 15.0 Å². The van der Waals surface area contributed by atoms with E-state index in [9.17, 15) is 9.59 Å². The van der Waals surface area contributed by atoms with Crippen LogP contribution in [0.5, 0.6) is 0 Å². The molecule has 0 aromatic carbocycles. The smallest absolute Gasteiger partial charge is 0.274 e. The van der Waals surface area contributed by atoms with E-state index in [1.165, 1.54) is 16.0 Å². The van der Waals surface area contributed by atoms with Crippen LogP contribution in [0.1, 0.15) is 34.0 Å². The molecular weight excluding hydrogens is 328 g/mol. The van der Waals surface area contributed by atoms with Crippen LogP contribution in [0.4, 0.5) is 5.82 Å². The number of aryl methyl sites for hydroxylation is 1. The van der Waals surface area contributed by atoms with Crippen LogP contribution in [0.2, 0.25) is 0 Å². The SMILES string of the molecule is CC1CN(C(=O)c2cc(NC(=O)c3cccs3)n(C)n2)CC(C)O1. The Kier molecular flexibility index (Phi) is 4.68. The highest BCUT2D eigenvalue weighted by atomic mass is 32.1. The molecule has 3 rings (SSSR count). The van der Waals surface area contributed by atoms with Gasteiger partial charge in [-0.2, -0.15) is 5.10 Å². The third-order valence-corrected chi connectivity index (χ3v) is 4.66. The van der Waals surface area contributed by atoms with E-state index >= 15 is 0 Å². The van der Waals surface area contributed by atoms with Gasteiger partial charge in [0.2, 0.25) is 0 Å². The number of nitrogens with one attached hydrogen (secondary N) is 1. The zero-order valence-corrected chi connectivity index (χ0v) is 14.7. The molecule has 2 aromatic heterocycles. The van der Waals surface area contributed by atoms with Gasteiger partial charge in [0.05, 0.1) is 17.1 Å². The summed E-state index contributed by atoms with van der Waals surface area (Å²) in [7, 11) is 1.70. The fourth-order valence-electron chi connectivity index (χ4n) is 2.78. The maximum atomic E-state index is 12.7. The van der Waals surface area contributed by atoms with Crippen molar-refractivity contribution in [3.8, 4) is 0 Å². The Bertz CT molecular complexity index is 731. The van der Waals surface area contributed by atoms with Gasteiger partial charge in [-0.25, -0.2) is 0 Å². The van der Waals surface area contributed by atoms with Crippen molar-refractivity contribution in [2.45, 2.75) is 26.1 Å². The zero-order chi connectivity index (χ0) is 17.3. The van der Waals surface area contributed by atoms with Crippen LogP contribution >= 0.6 is 11.3 Å². The molecule has 2 atom stereocenters. The number of carbonyl (C=O) groups is 2. The normalized spacial score (nSPS) is 20.9. The topological polar surface area (TPSA) is 76.5 Å². The van der Waals surface area contributed by atoms with Crippen molar-refractivity contribution in [3.63, 3.8) is 0 Å². The molecule has 0 spiro atoms. The van der Waals surface area contributed by atoms with Gasteiger partial charge in [0.15, 0.2) is 5.69 Å². The Morgan fingerprint density at radius 2 is 2.04 bits per heavy atom. The molecule has 2 aromatic rings. The molecule has 128 valence electrons. The first-order valence-electron chi connectivity index (χ1n) is 7.77. The van der Waals surface area contributed by atoms with Gasteiger partial charge in [-0.05, 0) is 25.3 Å². The lowest BCUT2D eigenvalue weighted by Gasteiger charge is -2.34. The van der Waals surface area contributed by atoms with Gasteiger partial charge in [0.1, 0.15) is 5.82 Å². The molecule has 2 unspecified atom stereocenters. The van der Waals surface area contributed by atoms with Gasteiger partial charge in [-0.1, -0.05) is 6.07 Å². The number of carbonyl (C=O) groups excluding carboxylic acids is 2. The van der Waals surface area contributed by atoms with Crippen LogP contribution in [0.15, 0.2) is 23.6 Å². The van der Waals surface area contributed by atoms with Gasteiger partial charge in [0, 0.05) is 26.2 Å². The van der Waals surface area contributed by atoms with Crippen molar-refractivity contribution in [3.05, 3.63) is 34.2 Å². The number of hydrogen-bond acceptors (Lipinski definition) is 5. The van der Waals surface area contributed by atoms with E-state index in [-0.39, 0.29) is 24.0 Å². The number of aromatic nitrogens is 2. The van der Waals surface area contributed by atoms with Gasteiger partial charge in [0.25, 0.3) is 11.8 Å². The summed E-state index contributed by atoms with van der Waals surface area (Å²) in [5, 5.41) is 8.87. The van der Waals surface area contributed by atoms with Gasteiger partial charge in [-0.15, -0.1) is 11.3 Å². The molecule has 0 saturated carbocycles. The molecular formula is C16H20N4O3S. The van der Waals surface area contributed by atoms with E-state index in [4.69, 9.17) is 4.74 Å². The Hall–Kier alpha value is -2.19. The van der Waals surface area contributed by atoms with Crippen molar-refractivity contribution >= 4 is 29.0 Å². The Labute approximate surface area is 144 Å². The number of nitrogens with zero attached hydrogens (tertiary/aromatic N) is 3. The Balaban J connectivity index is 1.73. The summed E-state index contributed by atoms with van der Waals surface area (Å²) < 4.78 is 7.16. The number of rotatable bonds is 3. The molecule has 0 radical (unpaired) electrons. The summed E-state index contributed by atoms with van der Waals surface area (Å²) in [6, 6.07) is 5.18. The number of hydrogen-bond donors (Lipinski definition) is 1.